The molecule has 0 aliphatic carbocycles. The molecule has 2 saturated heterocycles. The lowest BCUT2D eigenvalue weighted by atomic mass is 9.87. The number of hydrogen-bond donors (Lipinski definition) is 1. The number of fused-ring (bicyclic) bond motifs is 2. The molecule has 2 nitrogen and oxygen atoms in total. The Bertz CT molecular complexity index is 493. The van der Waals surface area contributed by atoms with Gasteiger partial charge in [0.2, 0.25) is 0 Å². The van der Waals surface area contributed by atoms with Gasteiger partial charge in [0.25, 0.3) is 0 Å². The Morgan fingerprint density at radius 2 is 2.00 bits per heavy atom. The fraction of sp³-hybridized carbons (Fsp3) is 0.533. The number of carbonyl (C=O) groups excluding carboxylic acids is 1. The molecule has 2 fully saturated rings. The maximum Gasteiger partial charge on any atom is 0.164 e. The maximum atomic E-state index is 13.2. The van der Waals surface area contributed by atoms with Crippen molar-refractivity contribution in [2.45, 2.75) is 44.2 Å². The van der Waals surface area contributed by atoms with Gasteiger partial charge in [-0.2, -0.15) is 0 Å². The summed E-state index contributed by atoms with van der Waals surface area (Å²) in [4.78, 5) is 12.2. The molecule has 2 atom stereocenters. The summed E-state index contributed by atoms with van der Waals surface area (Å²) in [5, 5.41) is 3.91. The van der Waals surface area contributed by atoms with Gasteiger partial charge in [-0.25, -0.2) is 4.39 Å². The van der Waals surface area contributed by atoms with Gasteiger partial charge >= 0.3 is 0 Å². The Balaban J connectivity index is 1.69. The lowest BCUT2D eigenvalue weighted by Gasteiger charge is -2.28. The van der Waals surface area contributed by atoms with Gasteiger partial charge in [0, 0.05) is 24.1 Å². The van der Waals surface area contributed by atoms with E-state index in [4.69, 9.17) is 11.6 Å². The summed E-state index contributed by atoms with van der Waals surface area (Å²) in [7, 11) is 0. The summed E-state index contributed by atoms with van der Waals surface area (Å²) in [6, 6.07) is 5.12. The lowest BCUT2D eigenvalue weighted by molar-refractivity contribution is 0.0945. The molecule has 2 heterocycles. The van der Waals surface area contributed by atoms with Gasteiger partial charge in [-0.1, -0.05) is 11.6 Å². The van der Waals surface area contributed by atoms with E-state index in [0.29, 0.717) is 35.0 Å². The minimum absolute atomic E-state index is 0.0317. The van der Waals surface area contributed by atoms with Crippen molar-refractivity contribution in [3.8, 4) is 0 Å². The molecule has 0 saturated carbocycles. The van der Waals surface area contributed by atoms with E-state index in [0.717, 1.165) is 12.8 Å². The zero-order chi connectivity index (χ0) is 13.4. The van der Waals surface area contributed by atoms with Crippen LogP contribution in [0.2, 0.25) is 5.02 Å². The van der Waals surface area contributed by atoms with Crippen LogP contribution < -0.4 is 5.32 Å². The highest BCUT2D eigenvalue weighted by Crippen LogP contribution is 2.34. The Morgan fingerprint density at radius 3 is 2.68 bits per heavy atom. The van der Waals surface area contributed by atoms with Gasteiger partial charge in [-0.3, -0.25) is 4.79 Å². The number of Topliss-reactive ketones (excluding diaryl/α,β-unsaturated/α-hetero) is 1. The van der Waals surface area contributed by atoms with Crippen molar-refractivity contribution in [2.75, 3.05) is 0 Å². The highest BCUT2D eigenvalue weighted by molar-refractivity contribution is 6.33. The summed E-state index contributed by atoms with van der Waals surface area (Å²) < 4.78 is 13.2. The molecule has 0 aromatic heterocycles. The molecule has 0 amide bonds. The standard InChI is InChI=1S/C15H17ClFNO/c16-14-4-1-10(17)8-13(14)15(19)7-9-5-11-2-3-12(6-9)18-11/h1,4,8-9,11-12,18H,2-3,5-7H2. The number of hydrogen-bond acceptors (Lipinski definition) is 2. The van der Waals surface area contributed by atoms with Crippen LogP contribution in [0.15, 0.2) is 18.2 Å². The number of ketones is 1. The zero-order valence-electron chi connectivity index (χ0n) is 10.7. The first-order chi connectivity index (χ1) is 9.11. The number of rotatable bonds is 3. The molecule has 4 heteroatoms. The fourth-order valence-electron chi connectivity index (χ4n) is 3.43. The molecule has 0 radical (unpaired) electrons. The fourth-order valence-corrected chi connectivity index (χ4v) is 3.65. The van der Waals surface area contributed by atoms with Crippen molar-refractivity contribution in [1.82, 2.24) is 5.32 Å². The van der Waals surface area contributed by atoms with E-state index < -0.39 is 5.82 Å². The monoisotopic (exact) mass is 281 g/mol. The normalized spacial score (nSPS) is 29.5. The second kappa shape index (κ2) is 5.22. The minimum Gasteiger partial charge on any atom is -0.311 e. The molecular formula is C15H17ClFNO. The number of carbonyl (C=O) groups is 1. The van der Waals surface area contributed by atoms with Gasteiger partial charge in [0.1, 0.15) is 5.82 Å². The Hall–Kier alpha value is -0.930. The molecule has 2 aliphatic heterocycles. The first kappa shape index (κ1) is 13.1. The number of piperidine rings is 1. The summed E-state index contributed by atoms with van der Waals surface area (Å²) in [6.07, 6.45) is 5.02. The van der Waals surface area contributed by atoms with E-state index in [1.54, 1.807) is 0 Å². The summed E-state index contributed by atoms with van der Waals surface area (Å²) in [5.41, 5.74) is 0.326. The van der Waals surface area contributed by atoms with E-state index >= 15 is 0 Å². The van der Waals surface area contributed by atoms with Crippen molar-refractivity contribution in [3.63, 3.8) is 0 Å². The molecule has 1 aromatic carbocycles. The topological polar surface area (TPSA) is 29.1 Å². The van der Waals surface area contributed by atoms with Crippen LogP contribution >= 0.6 is 11.6 Å². The molecule has 102 valence electrons. The molecule has 0 spiro atoms. The second-order valence-electron chi connectivity index (χ2n) is 5.73. The zero-order valence-corrected chi connectivity index (χ0v) is 11.4. The van der Waals surface area contributed by atoms with Crippen LogP contribution in [-0.2, 0) is 0 Å². The number of nitrogens with one attached hydrogen (secondary N) is 1. The quantitative estimate of drug-likeness (QED) is 0.858. The van der Waals surface area contributed by atoms with Crippen molar-refractivity contribution < 1.29 is 9.18 Å². The van der Waals surface area contributed by atoms with Crippen LogP contribution in [0.1, 0.15) is 42.5 Å². The van der Waals surface area contributed by atoms with Crippen LogP contribution in [0.4, 0.5) is 4.39 Å². The van der Waals surface area contributed by atoms with Crippen LogP contribution in [-0.4, -0.2) is 17.9 Å². The van der Waals surface area contributed by atoms with E-state index in [2.05, 4.69) is 5.32 Å². The Kier molecular flexibility index (Phi) is 3.59. The van der Waals surface area contributed by atoms with Gasteiger partial charge in [0.15, 0.2) is 5.78 Å². The van der Waals surface area contributed by atoms with Gasteiger partial charge in [-0.15, -0.1) is 0 Å². The first-order valence-electron chi connectivity index (χ1n) is 6.86. The molecule has 2 bridgehead atoms. The van der Waals surface area contributed by atoms with E-state index in [1.165, 1.54) is 31.0 Å². The van der Waals surface area contributed by atoms with E-state index in [-0.39, 0.29) is 5.78 Å². The summed E-state index contributed by atoms with van der Waals surface area (Å²) >= 11 is 5.98. The van der Waals surface area contributed by atoms with Crippen molar-refractivity contribution in [1.29, 1.82) is 0 Å². The van der Waals surface area contributed by atoms with E-state index in [9.17, 15) is 9.18 Å². The van der Waals surface area contributed by atoms with Crippen molar-refractivity contribution in [2.24, 2.45) is 5.92 Å². The summed E-state index contributed by atoms with van der Waals surface area (Å²) in [6.45, 7) is 0. The number of benzene rings is 1. The SMILES string of the molecule is O=C(CC1CC2CCC(C1)N2)c1cc(F)ccc1Cl. The van der Waals surface area contributed by atoms with E-state index in [1.807, 2.05) is 0 Å². The van der Waals surface area contributed by atoms with Crippen molar-refractivity contribution >= 4 is 17.4 Å². The third kappa shape index (κ3) is 2.82. The van der Waals surface area contributed by atoms with Gasteiger partial charge < -0.3 is 5.32 Å². The Labute approximate surface area is 117 Å². The molecule has 1 N–H and O–H groups in total. The molecule has 1 aromatic rings. The maximum absolute atomic E-state index is 13.2. The van der Waals surface area contributed by atoms with Crippen molar-refractivity contribution in [3.05, 3.63) is 34.6 Å². The van der Waals surface area contributed by atoms with Crippen LogP contribution in [0.25, 0.3) is 0 Å². The molecule has 19 heavy (non-hydrogen) atoms. The lowest BCUT2D eigenvalue weighted by Crippen LogP contribution is -2.38. The summed E-state index contributed by atoms with van der Waals surface area (Å²) in [5.74, 6) is -0.0282. The Morgan fingerprint density at radius 1 is 1.32 bits per heavy atom. The largest absolute Gasteiger partial charge is 0.311 e. The van der Waals surface area contributed by atoms with Gasteiger partial charge in [0.05, 0.1) is 5.02 Å². The predicted octanol–water partition coefficient (Wildman–Crippen LogP) is 3.58. The average molecular weight is 282 g/mol. The third-order valence-corrected chi connectivity index (χ3v) is 4.60. The predicted molar refractivity (Wildman–Crippen MR) is 73.0 cm³/mol. The molecular weight excluding hydrogens is 265 g/mol. The highest BCUT2D eigenvalue weighted by Gasteiger charge is 2.34. The molecule has 3 rings (SSSR count). The average Bonchev–Trinajstić information content (AvgIpc) is 2.71. The molecule has 2 unspecified atom stereocenters. The minimum atomic E-state index is -0.405. The first-order valence-corrected chi connectivity index (χ1v) is 7.24. The van der Waals surface area contributed by atoms with Crippen LogP contribution in [0.3, 0.4) is 0 Å². The third-order valence-electron chi connectivity index (χ3n) is 4.27. The van der Waals surface area contributed by atoms with Gasteiger partial charge in [-0.05, 0) is 49.8 Å². The smallest absolute Gasteiger partial charge is 0.164 e. The molecule has 2 aliphatic rings. The second-order valence-corrected chi connectivity index (χ2v) is 6.13. The van der Waals surface area contributed by atoms with Crippen LogP contribution in [0.5, 0.6) is 0 Å². The number of halogens is 2. The highest BCUT2D eigenvalue weighted by atomic mass is 35.5. The van der Waals surface area contributed by atoms with Crippen LogP contribution in [0, 0.1) is 11.7 Å².